The molecule has 1 amide bonds. The molecule has 0 aliphatic heterocycles. The van der Waals surface area contributed by atoms with Crippen molar-refractivity contribution in [3.8, 4) is 5.75 Å². The number of carboxylic acid groups (broad SMARTS) is 1. The quantitative estimate of drug-likeness (QED) is 0.849. The maximum atomic E-state index is 12.2. The van der Waals surface area contributed by atoms with E-state index in [1.54, 1.807) is 12.1 Å². The van der Waals surface area contributed by atoms with E-state index in [4.69, 9.17) is 9.84 Å². The first-order valence-electron chi connectivity index (χ1n) is 6.61. The minimum Gasteiger partial charge on any atom is -0.484 e. The lowest BCUT2D eigenvalue weighted by Crippen LogP contribution is -2.48. The zero-order valence-corrected chi connectivity index (χ0v) is 14.0. The topological polar surface area (TPSA) is 66.8 Å². The number of aliphatic carboxylic acids is 1. The molecule has 0 bridgehead atoms. The monoisotopic (exact) mass is 357 g/mol. The van der Waals surface area contributed by atoms with Crippen molar-refractivity contribution in [3.63, 3.8) is 0 Å². The number of ether oxygens (including phenoxy) is 1. The van der Waals surface area contributed by atoms with Crippen LogP contribution in [0.4, 0.5) is 0 Å². The second kappa shape index (κ2) is 7.45. The Balaban J connectivity index is 2.63. The van der Waals surface area contributed by atoms with Crippen molar-refractivity contribution in [1.82, 2.24) is 4.90 Å². The molecule has 6 heteroatoms. The summed E-state index contributed by atoms with van der Waals surface area (Å²) in [6.45, 7) is 5.66. The van der Waals surface area contributed by atoms with Crippen LogP contribution in [0, 0.1) is 0 Å². The van der Waals surface area contributed by atoms with Crippen molar-refractivity contribution in [3.05, 3.63) is 28.7 Å². The number of rotatable bonds is 6. The molecule has 1 N–H and O–H groups in total. The van der Waals surface area contributed by atoms with Crippen molar-refractivity contribution in [2.75, 3.05) is 13.2 Å². The average molecular weight is 358 g/mol. The summed E-state index contributed by atoms with van der Waals surface area (Å²) in [4.78, 5) is 24.5. The maximum absolute atomic E-state index is 12.2. The summed E-state index contributed by atoms with van der Waals surface area (Å²) in [6, 6.07) is 7.17. The molecule has 0 unspecified atom stereocenters. The Hall–Kier alpha value is -1.56. The van der Waals surface area contributed by atoms with Gasteiger partial charge in [0.1, 0.15) is 5.75 Å². The predicted octanol–water partition coefficient (Wildman–Crippen LogP) is 2.93. The normalized spacial score (nSPS) is 11.0. The van der Waals surface area contributed by atoms with Gasteiger partial charge in [0.05, 0.1) is 6.42 Å². The molecule has 0 saturated carbocycles. The molecule has 0 aromatic heterocycles. The molecule has 0 fully saturated rings. The van der Waals surface area contributed by atoms with Gasteiger partial charge in [-0.2, -0.15) is 0 Å². The molecule has 0 aliphatic rings. The number of amides is 1. The number of carbonyl (C=O) groups excluding carboxylic acids is 1. The third kappa shape index (κ3) is 6.16. The van der Waals surface area contributed by atoms with Gasteiger partial charge in [-0.3, -0.25) is 9.59 Å². The maximum Gasteiger partial charge on any atom is 0.305 e. The number of halogens is 1. The molecule has 116 valence electrons. The van der Waals surface area contributed by atoms with Crippen LogP contribution in [0.3, 0.4) is 0 Å². The summed E-state index contributed by atoms with van der Waals surface area (Å²) in [5, 5.41) is 8.77. The van der Waals surface area contributed by atoms with Crippen LogP contribution in [0.2, 0.25) is 0 Å². The third-order valence-electron chi connectivity index (χ3n) is 2.84. The summed E-state index contributed by atoms with van der Waals surface area (Å²) in [6.07, 6.45) is -0.0820. The van der Waals surface area contributed by atoms with Gasteiger partial charge in [0.15, 0.2) is 6.61 Å². The van der Waals surface area contributed by atoms with Crippen molar-refractivity contribution in [2.24, 2.45) is 0 Å². The standard InChI is InChI=1S/C15H20BrNO4/c1-15(2,3)17(9-8-14(19)20)13(18)10-21-12-6-4-11(16)5-7-12/h4-7H,8-10H2,1-3H3,(H,19,20). The molecule has 1 aromatic carbocycles. The molecule has 5 nitrogen and oxygen atoms in total. The highest BCUT2D eigenvalue weighted by atomic mass is 79.9. The van der Waals surface area contributed by atoms with Gasteiger partial charge in [0.25, 0.3) is 5.91 Å². The molecule has 1 aromatic rings. The van der Waals surface area contributed by atoms with Crippen LogP contribution < -0.4 is 4.74 Å². The molecule has 1 rings (SSSR count). The Morgan fingerprint density at radius 2 is 1.81 bits per heavy atom. The highest BCUT2D eigenvalue weighted by molar-refractivity contribution is 9.10. The molecule has 0 heterocycles. The second-order valence-electron chi connectivity index (χ2n) is 5.60. The van der Waals surface area contributed by atoms with Crippen molar-refractivity contribution in [2.45, 2.75) is 32.7 Å². The van der Waals surface area contributed by atoms with Crippen LogP contribution >= 0.6 is 15.9 Å². The summed E-state index contributed by atoms with van der Waals surface area (Å²) in [5.41, 5.74) is -0.449. The molecule has 0 radical (unpaired) electrons. The fourth-order valence-electron chi connectivity index (χ4n) is 1.80. The molecule has 21 heavy (non-hydrogen) atoms. The number of benzene rings is 1. The molecule has 0 aliphatic carbocycles. The van der Waals surface area contributed by atoms with Gasteiger partial charge in [-0.15, -0.1) is 0 Å². The number of hydrogen-bond acceptors (Lipinski definition) is 3. The van der Waals surface area contributed by atoms with E-state index in [1.165, 1.54) is 4.90 Å². The van der Waals surface area contributed by atoms with Gasteiger partial charge in [-0.05, 0) is 45.0 Å². The van der Waals surface area contributed by atoms with Crippen LogP contribution in [-0.4, -0.2) is 40.6 Å². The minimum absolute atomic E-state index is 0.0820. The Kier molecular flexibility index (Phi) is 6.20. The summed E-state index contributed by atoms with van der Waals surface area (Å²) >= 11 is 3.32. The van der Waals surface area contributed by atoms with Gasteiger partial charge in [-0.1, -0.05) is 15.9 Å². The Morgan fingerprint density at radius 1 is 1.24 bits per heavy atom. The molecule has 0 saturated heterocycles. The Bertz CT molecular complexity index is 493. The Morgan fingerprint density at radius 3 is 2.29 bits per heavy atom. The highest BCUT2D eigenvalue weighted by Crippen LogP contribution is 2.18. The minimum atomic E-state index is -0.925. The van der Waals surface area contributed by atoms with Crippen LogP contribution in [0.1, 0.15) is 27.2 Å². The molecule has 0 atom stereocenters. The Labute approximate surface area is 133 Å². The van der Waals surface area contributed by atoms with Crippen molar-refractivity contribution < 1.29 is 19.4 Å². The van der Waals surface area contributed by atoms with Gasteiger partial charge in [0, 0.05) is 16.6 Å². The van der Waals surface area contributed by atoms with E-state index in [9.17, 15) is 9.59 Å². The van der Waals surface area contributed by atoms with Crippen molar-refractivity contribution >= 4 is 27.8 Å². The number of carboxylic acids is 1. The fraction of sp³-hybridized carbons (Fsp3) is 0.467. The number of hydrogen-bond donors (Lipinski definition) is 1. The summed E-state index contributed by atoms with van der Waals surface area (Å²) in [7, 11) is 0. The number of nitrogens with zero attached hydrogens (tertiary/aromatic N) is 1. The van der Waals surface area contributed by atoms with Crippen LogP contribution in [0.5, 0.6) is 5.75 Å². The highest BCUT2D eigenvalue weighted by Gasteiger charge is 2.27. The lowest BCUT2D eigenvalue weighted by molar-refractivity contribution is -0.141. The zero-order chi connectivity index (χ0) is 16.0. The zero-order valence-electron chi connectivity index (χ0n) is 12.4. The van der Waals surface area contributed by atoms with E-state index in [-0.39, 0.29) is 25.5 Å². The SMILES string of the molecule is CC(C)(C)N(CCC(=O)O)C(=O)COc1ccc(Br)cc1. The largest absolute Gasteiger partial charge is 0.484 e. The lowest BCUT2D eigenvalue weighted by atomic mass is 10.1. The van der Waals surface area contributed by atoms with E-state index in [0.717, 1.165) is 4.47 Å². The van der Waals surface area contributed by atoms with Crippen molar-refractivity contribution in [1.29, 1.82) is 0 Å². The smallest absolute Gasteiger partial charge is 0.305 e. The average Bonchev–Trinajstić information content (AvgIpc) is 2.36. The molecule has 0 spiro atoms. The van der Waals surface area contributed by atoms with E-state index in [2.05, 4.69) is 15.9 Å². The first-order chi connectivity index (χ1) is 9.70. The first-order valence-corrected chi connectivity index (χ1v) is 7.40. The van der Waals surface area contributed by atoms with Crippen LogP contribution in [0.25, 0.3) is 0 Å². The molecular weight excluding hydrogens is 338 g/mol. The number of carbonyl (C=O) groups is 2. The summed E-state index contributed by atoms with van der Waals surface area (Å²) in [5.74, 6) is -0.559. The first kappa shape index (κ1) is 17.5. The van der Waals surface area contributed by atoms with Gasteiger partial charge in [-0.25, -0.2) is 0 Å². The van der Waals surface area contributed by atoms with Gasteiger partial charge < -0.3 is 14.7 Å². The molecular formula is C15H20BrNO4. The lowest BCUT2D eigenvalue weighted by Gasteiger charge is -2.35. The van der Waals surface area contributed by atoms with E-state index < -0.39 is 11.5 Å². The van der Waals surface area contributed by atoms with Gasteiger partial charge in [0.2, 0.25) is 0 Å². The second-order valence-corrected chi connectivity index (χ2v) is 6.52. The fourth-order valence-corrected chi connectivity index (χ4v) is 2.06. The van der Waals surface area contributed by atoms with Crippen LogP contribution in [-0.2, 0) is 9.59 Å². The predicted molar refractivity (Wildman–Crippen MR) is 83.4 cm³/mol. The van der Waals surface area contributed by atoms with Crippen LogP contribution in [0.15, 0.2) is 28.7 Å². The van der Waals surface area contributed by atoms with Gasteiger partial charge >= 0.3 is 5.97 Å². The third-order valence-corrected chi connectivity index (χ3v) is 3.36. The van der Waals surface area contributed by atoms with E-state index in [0.29, 0.717) is 5.75 Å². The summed E-state index contributed by atoms with van der Waals surface area (Å²) < 4.78 is 6.38. The van der Waals surface area contributed by atoms with E-state index >= 15 is 0 Å². The van der Waals surface area contributed by atoms with E-state index in [1.807, 2.05) is 32.9 Å².